The van der Waals surface area contributed by atoms with Crippen molar-refractivity contribution in [1.29, 1.82) is 0 Å². The summed E-state index contributed by atoms with van der Waals surface area (Å²) < 4.78 is 39.2. The zero-order chi connectivity index (χ0) is 31.3. The Morgan fingerprint density at radius 1 is 1.00 bits per heavy atom. The summed E-state index contributed by atoms with van der Waals surface area (Å²) in [4.78, 5) is 35.7. The lowest BCUT2D eigenvalue weighted by atomic mass is 10.0. The molecule has 0 spiro atoms. The third kappa shape index (κ3) is 10.6. The number of sulfonamides is 1. The zero-order valence-corrected chi connectivity index (χ0v) is 25.3. The first-order chi connectivity index (χ1) is 19.9. The molecule has 42 heavy (non-hydrogen) atoms. The van der Waals surface area contributed by atoms with Crippen LogP contribution in [0.2, 0.25) is 0 Å². The van der Waals surface area contributed by atoms with Crippen LogP contribution in [0.4, 0.5) is 4.79 Å². The Bertz CT molecular complexity index is 1270. The van der Waals surface area contributed by atoms with Crippen molar-refractivity contribution in [1.82, 2.24) is 14.9 Å². The Kier molecular flexibility index (Phi) is 13.7. The second-order valence-corrected chi connectivity index (χ2v) is 11.9. The van der Waals surface area contributed by atoms with Crippen molar-refractivity contribution >= 4 is 27.9 Å². The molecule has 1 unspecified atom stereocenters. The number of nitrogens with two attached hydrogens (primary N) is 1. The van der Waals surface area contributed by atoms with Crippen molar-refractivity contribution in [3.05, 3.63) is 60.2 Å². The van der Waals surface area contributed by atoms with Gasteiger partial charge in [0.25, 0.3) is 0 Å². The van der Waals surface area contributed by atoms with Crippen molar-refractivity contribution in [3.63, 3.8) is 0 Å². The normalized spacial score (nSPS) is 13.7. The van der Waals surface area contributed by atoms with E-state index in [1.807, 2.05) is 32.0 Å². The van der Waals surface area contributed by atoms with E-state index >= 15 is 0 Å². The first-order valence-electron chi connectivity index (χ1n) is 13.8. The van der Waals surface area contributed by atoms with Gasteiger partial charge in [0.05, 0.1) is 24.2 Å². The summed E-state index contributed by atoms with van der Waals surface area (Å²) in [6.45, 7) is 4.44. The molecule has 5 N–H and O–H groups in total. The third-order valence-electron chi connectivity index (χ3n) is 6.85. The quantitative estimate of drug-likeness (QED) is 0.211. The van der Waals surface area contributed by atoms with E-state index in [2.05, 4.69) is 10.6 Å². The molecule has 12 nitrogen and oxygen atoms in total. The number of aliphatic hydroxyl groups excluding tert-OH is 1. The molecule has 2 aromatic rings. The number of carbonyl (C=O) groups is 3. The van der Waals surface area contributed by atoms with Crippen LogP contribution in [0.1, 0.15) is 39.2 Å². The number of nitrogens with one attached hydrogen (secondary N) is 2. The fourth-order valence-corrected chi connectivity index (χ4v) is 5.87. The number of amides is 3. The van der Waals surface area contributed by atoms with E-state index in [1.165, 1.54) is 30.5 Å². The second kappa shape index (κ2) is 16.7. The molecular formula is C29H42N4O8S. The minimum absolute atomic E-state index is 0.0162. The molecule has 0 aliphatic rings. The number of nitrogens with zero attached hydrogens (tertiary/aromatic N) is 1. The Balaban J connectivity index is 2.34. The number of benzene rings is 2. The highest BCUT2D eigenvalue weighted by atomic mass is 32.2. The molecule has 0 aliphatic carbocycles. The molecule has 0 aromatic heterocycles. The van der Waals surface area contributed by atoms with Gasteiger partial charge in [0, 0.05) is 26.1 Å². The van der Waals surface area contributed by atoms with Crippen LogP contribution in [0.25, 0.3) is 0 Å². The van der Waals surface area contributed by atoms with Gasteiger partial charge in [-0.2, -0.15) is 4.31 Å². The Hall–Kier alpha value is -3.68. The van der Waals surface area contributed by atoms with Crippen LogP contribution >= 0.6 is 0 Å². The van der Waals surface area contributed by atoms with Gasteiger partial charge in [0.15, 0.2) is 0 Å². The van der Waals surface area contributed by atoms with Gasteiger partial charge in [0.2, 0.25) is 21.8 Å². The molecule has 2 aromatic carbocycles. The number of methoxy groups -OCH3 is 1. The number of aliphatic hydroxyl groups is 1. The summed E-state index contributed by atoms with van der Waals surface area (Å²) in [7, 11) is -2.62. The minimum atomic E-state index is -4.06. The standard InChI is InChI=1S/C29H42N4O8S/c1-5-21(6-2)17-33(42(38,39)24-14-10-13-23(16-24)40-4)18-27(35)25(15-22-11-8-7-9-12-22)32-29(37)41-19-26(28(30)36)31-20(3)34/h7-14,16,21,25-27,35H,5-6,15,17-19H2,1-4H3,(H2,30,36)(H,31,34)(H,32,37)/t25?,26-,27-/m1/s1. The number of carbonyl (C=O) groups excluding carboxylic acids is 3. The first kappa shape index (κ1) is 34.5. The van der Waals surface area contributed by atoms with Gasteiger partial charge in [-0.05, 0) is 30.0 Å². The van der Waals surface area contributed by atoms with E-state index in [4.69, 9.17) is 15.2 Å². The molecule has 3 atom stereocenters. The molecule has 0 saturated carbocycles. The lowest BCUT2D eigenvalue weighted by Crippen LogP contribution is -2.52. The number of ether oxygens (including phenoxy) is 2. The van der Waals surface area contributed by atoms with Crippen LogP contribution < -0.4 is 21.1 Å². The van der Waals surface area contributed by atoms with Gasteiger partial charge in [-0.15, -0.1) is 0 Å². The van der Waals surface area contributed by atoms with Crippen molar-refractivity contribution in [2.75, 3.05) is 26.8 Å². The lowest BCUT2D eigenvalue weighted by molar-refractivity contribution is -0.127. The minimum Gasteiger partial charge on any atom is -0.497 e. The molecular weight excluding hydrogens is 564 g/mol. The van der Waals surface area contributed by atoms with E-state index in [0.717, 1.165) is 18.4 Å². The highest BCUT2D eigenvalue weighted by molar-refractivity contribution is 7.89. The number of alkyl carbamates (subject to hydrolysis) is 1. The number of rotatable bonds is 17. The molecule has 0 fully saturated rings. The number of hydrogen-bond donors (Lipinski definition) is 4. The largest absolute Gasteiger partial charge is 0.497 e. The van der Waals surface area contributed by atoms with Crippen molar-refractivity contribution in [2.45, 2.75) is 63.1 Å². The zero-order valence-electron chi connectivity index (χ0n) is 24.5. The maximum absolute atomic E-state index is 13.8. The highest BCUT2D eigenvalue weighted by Crippen LogP contribution is 2.24. The van der Waals surface area contributed by atoms with Gasteiger partial charge in [-0.1, -0.05) is 63.1 Å². The molecule has 232 valence electrons. The summed E-state index contributed by atoms with van der Waals surface area (Å²) in [5, 5.41) is 16.3. The maximum Gasteiger partial charge on any atom is 0.407 e. The van der Waals surface area contributed by atoms with E-state index in [-0.39, 0.29) is 30.3 Å². The van der Waals surface area contributed by atoms with Crippen molar-refractivity contribution in [2.24, 2.45) is 11.7 Å². The van der Waals surface area contributed by atoms with Crippen molar-refractivity contribution < 1.29 is 37.4 Å². The van der Waals surface area contributed by atoms with E-state index in [9.17, 15) is 27.9 Å². The topological polar surface area (TPSA) is 177 Å². The molecule has 0 aliphatic heterocycles. The lowest BCUT2D eigenvalue weighted by Gasteiger charge is -2.31. The summed E-state index contributed by atoms with van der Waals surface area (Å²) >= 11 is 0. The smallest absolute Gasteiger partial charge is 0.407 e. The predicted molar refractivity (Wildman–Crippen MR) is 157 cm³/mol. The summed E-state index contributed by atoms with van der Waals surface area (Å²) in [6.07, 6.45) is -0.725. The Labute approximate surface area is 247 Å². The summed E-state index contributed by atoms with van der Waals surface area (Å²) in [5.74, 6) is -1.02. The Morgan fingerprint density at radius 3 is 2.24 bits per heavy atom. The number of primary amides is 1. The molecule has 13 heteroatoms. The average Bonchev–Trinajstić information content (AvgIpc) is 2.97. The monoisotopic (exact) mass is 606 g/mol. The van der Waals surface area contributed by atoms with Crippen LogP contribution in [0.15, 0.2) is 59.5 Å². The van der Waals surface area contributed by atoms with Crippen LogP contribution in [0.3, 0.4) is 0 Å². The molecule has 0 heterocycles. The number of hydrogen-bond acceptors (Lipinski definition) is 8. The second-order valence-electron chi connectivity index (χ2n) is 9.95. The fourth-order valence-electron chi connectivity index (χ4n) is 4.30. The van der Waals surface area contributed by atoms with Crippen LogP contribution in [0, 0.1) is 5.92 Å². The summed E-state index contributed by atoms with van der Waals surface area (Å²) in [5.41, 5.74) is 6.05. The van der Waals surface area contributed by atoms with Gasteiger partial charge in [0.1, 0.15) is 18.4 Å². The van der Waals surface area contributed by atoms with E-state index < -0.39 is 52.7 Å². The van der Waals surface area contributed by atoms with E-state index in [0.29, 0.717) is 5.75 Å². The maximum atomic E-state index is 13.8. The van der Waals surface area contributed by atoms with Gasteiger partial charge < -0.3 is 30.9 Å². The fraction of sp³-hybridized carbons (Fsp3) is 0.483. The van der Waals surface area contributed by atoms with Gasteiger partial charge >= 0.3 is 6.09 Å². The molecule has 3 amide bonds. The van der Waals surface area contributed by atoms with Gasteiger partial charge in [-0.25, -0.2) is 13.2 Å². The molecule has 0 saturated heterocycles. The molecule has 0 bridgehead atoms. The van der Waals surface area contributed by atoms with Crippen LogP contribution in [0.5, 0.6) is 5.75 Å². The third-order valence-corrected chi connectivity index (χ3v) is 8.68. The Morgan fingerprint density at radius 2 is 1.67 bits per heavy atom. The van der Waals surface area contributed by atoms with E-state index in [1.54, 1.807) is 24.3 Å². The highest BCUT2D eigenvalue weighted by Gasteiger charge is 2.32. The van der Waals surface area contributed by atoms with Crippen molar-refractivity contribution in [3.8, 4) is 5.75 Å². The molecule has 2 rings (SSSR count). The average molecular weight is 607 g/mol. The predicted octanol–water partition coefficient (Wildman–Crippen LogP) is 1.81. The van der Waals surface area contributed by atoms with Gasteiger partial charge in [-0.3, -0.25) is 9.59 Å². The first-order valence-corrected chi connectivity index (χ1v) is 15.2. The summed E-state index contributed by atoms with van der Waals surface area (Å²) in [6, 6.07) is 12.9. The van der Waals surface area contributed by atoms with Crippen LogP contribution in [-0.2, 0) is 30.8 Å². The SMILES string of the molecule is CCC(CC)CN(C[C@@H](O)C(Cc1ccccc1)NC(=O)OC[C@@H](NC(C)=O)C(N)=O)S(=O)(=O)c1cccc(OC)c1. The molecule has 0 radical (unpaired) electrons. The van der Waals surface area contributed by atoms with Crippen LogP contribution in [-0.4, -0.2) is 80.7 Å².